The molecule has 2 aromatic heterocycles. The van der Waals surface area contributed by atoms with Crippen molar-refractivity contribution in [2.75, 3.05) is 22.8 Å². The summed E-state index contributed by atoms with van der Waals surface area (Å²) in [5.74, 6) is -1.33. The number of hydrogen-bond acceptors (Lipinski definition) is 9. The van der Waals surface area contributed by atoms with Crippen LogP contribution in [0.4, 0.5) is 11.4 Å². The summed E-state index contributed by atoms with van der Waals surface area (Å²) < 4.78 is 27.8. The standard InChI is InChI=1S/C42H47BN8O5S/c1-27(31-12-16-36(44)17-13-31)48-40(52)29(3)47-25-38(23-37-9-5-6-19-46-37)50-42(54)34-20-33(41(53)49-28(2)32-8-7-18-45-24-32)21-39(22-34)51(57(4,55)56)26-30-10-14-35(43)15-11-30/h5-22,24,27-29,38,47H,23,25-26,44H2,1-4H3,(H,48,52)(H,49,53)(H,50,54)/t27-,28?,29+,38+/m1/s1. The zero-order valence-corrected chi connectivity index (χ0v) is 33.2. The topological polar surface area (TPSA) is 189 Å². The Hall–Kier alpha value is -6.06. The fourth-order valence-electron chi connectivity index (χ4n) is 6.03. The molecule has 0 spiro atoms. The molecule has 4 atom stereocenters. The van der Waals surface area contributed by atoms with Gasteiger partial charge in [-0.2, -0.15) is 0 Å². The van der Waals surface area contributed by atoms with Crippen LogP contribution < -0.4 is 36.8 Å². The van der Waals surface area contributed by atoms with Crippen molar-refractivity contribution in [1.82, 2.24) is 31.2 Å². The van der Waals surface area contributed by atoms with Gasteiger partial charge in [0.15, 0.2) is 0 Å². The van der Waals surface area contributed by atoms with Gasteiger partial charge in [0.25, 0.3) is 11.8 Å². The Morgan fingerprint density at radius 3 is 2.07 bits per heavy atom. The van der Waals surface area contributed by atoms with E-state index in [0.29, 0.717) is 28.8 Å². The van der Waals surface area contributed by atoms with Crippen LogP contribution >= 0.6 is 0 Å². The van der Waals surface area contributed by atoms with Crippen LogP contribution in [0, 0.1) is 0 Å². The number of nitrogens with zero attached hydrogens (tertiary/aromatic N) is 3. The third-order valence-corrected chi connectivity index (χ3v) is 10.5. The third-order valence-electron chi connectivity index (χ3n) is 9.34. The van der Waals surface area contributed by atoms with Crippen LogP contribution in [0.1, 0.15) is 76.0 Å². The summed E-state index contributed by atoms with van der Waals surface area (Å²) in [6, 6.07) is 25.4. The molecule has 15 heteroatoms. The number of carbonyl (C=O) groups excluding carboxylic acids is 3. The molecule has 2 radical (unpaired) electrons. The molecule has 1 unspecified atom stereocenters. The van der Waals surface area contributed by atoms with E-state index in [-0.39, 0.29) is 41.9 Å². The van der Waals surface area contributed by atoms with Gasteiger partial charge < -0.3 is 27.0 Å². The summed E-state index contributed by atoms with van der Waals surface area (Å²) in [6.07, 6.45) is 6.28. The van der Waals surface area contributed by atoms with E-state index in [9.17, 15) is 22.8 Å². The first-order chi connectivity index (χ1) is 27.2. The predicted molar refractivity (Wildman–Crippen MR) is 223 cm³/mol. The number of hydrogen-bond donors (Lipinski definition) is 5. The fraction of sp³-hybridized carbons (Fsp3) is 0.262. The minimum absolute atomic E-state index is 0.0479. The quantitative estimate of drug-likeness (QED) is 0.0695. The van der Waals surface area contributed by atoms with Crippen molar-refractivity contribution >= 4 is 52.4 Å². The molecule has 13 nitrogen and oxygen atoms in total. The first kappa shape index (κ1) is 42.1. The lowest BCUT2D eigenvalue weighted by atomic mass is 9.95. The van der Waals surface area contributed by atoms with E-state index in [0.717, 1.165) is 21.7 Å². The summed E-state index contributed by atoms with van der Waals surface area (Å²) in [7, 11) is 1.94. The molecule has 0 aliphatic rings. The van der Waals surface area contributed by atoms with Crippen molar-refractivity contribution in [1.29, 1.82) is 0 Å². The molecule has 0 aliphatic carbocycles. The highest BCUT2D eigenvalue weighted by Gasteiger charge is 2.25. The van der Waals surface area contributed by atoms with Gasteiger partial charge in [-0.25, -0.2) is 8.42 Å². The minimum atomic E-state index is -3.93. The largest absolute Gasteiger partial charge is 0.399 e. The van der Waals surface area contributed by atoms with Gasteiger partial charge >= 0.3 is 0 Å². The molecule has 0 fully saturated rings. The van der Waals surface area contributed by atoms with Gasteiger partial charge in [-0.05, 0) is 86.0 Å². The molecule has 5 rings (SSSR count). The number of nitrogen functional groups attached to an aromatic ring is 1. The Bertz CT molecular complexity index is 2250. The van der Waals surface area contributed by atoms with E-state index in [1.807, 2.05) is 37.3 Å². The van der Waals surface area contributed by atoms with Crippen LogP contribution in [0.15, 0.2) is 116 Å². The Balaban J connectivity index is 1.42. The van der Waals surface area contributed by atoms with Crippen molar-refractivity contribution in [2.45, 2.75) is 57.9 Å². The van der Waals surface area contributed by atoms with Crippen LogP contribution in [-0.4, -0.2) is 68.8 Å². The summed E-state index contributed by atoms with van der Waals surface area (Å²) in [4.78, 5) is 49.8. The van der Waals surface area contributed by atoms with Crippen molar-refractivity contribution in [3.63, 3.8) is 0 Å². The molecule has 57 heavy (non-hydrogen) atoms. The number of carbonyl (C=O) groups is 3. The zero-order valence-electron chi connectivity index (χ0n) is 32.3. The minimum Gasteiger partial charge on any atom is -0.399 e. The van der Waals surface area contributed by atoms with E-state index in [1.54, 1.807) is 81.0 Å². The van der Waals surface area contributed by atoms with Crippen molar-refractivity contribution < 1.29 is 22.8 Å². The first-order valence-electron chi connectivity index (χ1n) is 18.4. The molecule has 0 aliphatic heterocycles. The van der Waals surface area contributed by atoms with Crippen LogP contribution in [0.25, 0.3) is 0 Å². The number of nitrogens with two attached hydrogens (primary N) is 1. The Kier molecular flexibility index (Phi) is 14.2. The molecule has 6 N–H and O–H groups in total. The number of pyridine rings is 2. The second kappa shape index (κ2) is 19.2. The van der Waals surface area contributed by atoms with Crippen molar-refractivity contribution in [3.05, 3.63) is 149 Å². The molecule has 5 aromatic rings. The number of benzene rings is 3. The van der Waals surface area contributed by atoms with Crippen LogP contribution in [0.2, 0.25) is 0 Å². The second-order valence-corrected chi connectivity index (χ2v) is 15.9. The third kappa shape index (κ3) is 12.2. The van der Waals surface area contributed by atoms with Gasteiger partial charge in [0.2, 0.25) is 15.9 Å². The molecule has 3 aromatic carbocycles. The maximum absolute atomic E-state index is 14.2. The van der Waals surface area contributed by atoms with E-state index in [4.69, 9.17) is 13.6 Å². The number of rotatable bonds is 17. The van der Waals surface area contributed by atoms with Gasteiger partial charge in [0.05, 0.1) is 36.6 Å². The molecule has 0 bridgehead atoms. The number of nitrogens with one attached hydrogen (secondary N) is 4. The molecule has 3 amide bonds. The highest BCUT2D eigenvalue weighted by Crippen LogP contribution is 2.25. The summed E-state index contributed by atoms with van der Waals surface area (Å²) in [5, 5.41) is 12.2. The van der Waals surface area contributed by atoms with E-state index < -0.39 is 40.0 Å². The van der Waals surface area contributed by atoms with Crippen molar-refractivity contribution in [3.8, 4) is 0 Å². The summed E-state index contributed by atoms with van der Waals surface area (Å²) in [5.41, 5.74) is 10.2. The van der Waals surface area contributed by atoms with E-state index in [1.165, 1.54) is 18.2 Å². The van der Waals surface area contributed by atoms with Crippen molar-refractivity contribution in [2.24, 2.45) is 0 Å². The van der Waals surface area contributed by atoms with Gasteiger partial charge in [0.1, 0.15) is 7.85 Å². The maximum atomic E-state index is 14.2. The highest BCUT2D eigenvalue weighted by molar-refractivity contribution is 7.92. The molecule has 0 saturated carbocycles. The summed E-state index contributed by atoms with van der Waals surface area (Å²) in [6.45, 7) is 5.50. The highest BCUT2D eigenvalue weighted by atomic mass is 32.2. The van der Waals surface area contributed by atoms with Gasteiger partial charge in [-0.1, -0.05) is 54.0 Å². The van der Waals surface area contributed by atoms with Crippen LogP contribution in [-0.2, 0) is 27.8 Å². The fourth-order valence-corrected chi connectivity index (χ4v) is 6.91. The number of sulfonamides is 1. The lowest BCUT2D eigenvalue weighted by Crippen LogP contribution is -2.50. The maximum Gasteiger partial charge on any atom is 0.251 e. The number of anilines is 2. The van der Waals surface area contributed by atoms with Gasteiger partial charge in [-0.15, -0.1) is 0 Å². The first-order valence-corrected chi connectivity index (χ1v) is 20.3. The predicted octanol–water partition coefficient (Wildman–Crippen LogP) is 3.51. The van der Waals surface area contributed by atoms with Gasteiger partial charge in [-0.3, -0.25) is 28.7 Å². The normalized spacial score (nSPS) is 13.4. The molecule has 294 valence electrons. The molecular weight excluding hydrogens is 739 g/mol. The Labute approximate surface area is 335 Å². The van der Waals surface area contributed by atoms with E-state index >= 15 is 0 Å². The lowest BCUT2D eigenvalue weighted by molar-refractivity contribution is -0.123. The smallest absolute Gasteiger partial charge is 0.251 e. The molecular formula is C42H47BN8O5S. The molecule has 2 heterocycles. The SMILES string of the molecule is [B]c1ccc(CN(c2cc(C(=O)NC(C)c3cccnc3)cc(C(=O)N[C@H](CN[C@@H](C)C(=O)N[C@H](C)c3ccc(N)cc3)Cc3ccccn3)c2)S(C)(=O)=O)cc1. The zero-order chi connectivity index (χ0) is 41.1. The van der Waals surface area contributed by atoms with Crippen LogP contribution in [0.5, 0.6) is 0 Å². The van der Waals surface area contributed by atoms with Crippen LogP contribution in [0.3, 0.4) is 0 Å². The lowest BCUT2D eigenvalue weighted by Gasteiger charge is -2.25. The number of aromatic nitrogens is 2. The molecule has 0 saturated heterocycles. The second-order valence-electron chi connectivity index (χ2n) is 14.0. The Morgan fingerprint density at radius 2 is 1.46 bits per heavy atom. The average Bonchev–Trinajstić information content (AvgIpc) is 3.19. The Morgan fingerprint density at radius 1 is 0.789 bits per heavy atom. The summed E-state index contributed by atoms with van der Waals surface area (Å²) >= 11 is 0. The van der Waals surface area contributed by atoms with E-state index in [2.05, 4.69) is 31.2 Å². The monoisotopic (exact) mass is 786 g/mol. The van der Waals surface area contributed by atoms with Gasteiger partial charge in [0, 0.05) is 60.1 Å². The number of amides is 3. The average molecular weight is 787 g/mol.